The van der Waals surface area contributed by atoms with Crippen molar-refractivity contribution in [2.24, 2.45) is 0 Å². The first-order valence-corrected chi connectivity index (χ1v) is 6.49. The van der Waals surface area contributed by atoms with Crippen LogP contribution in [0.2, 0.25) is 0 Å². The lowest BCUT2D eigenvalue weighted by atomic mass is 10.2. The molecule has 0 bridgehead atoms. The van der Waals surface area contributed by atoms with Crippen LogP contribution in [0.1, 0.15) is 33.1 Å². The normalized spacial score (nSPS) is 18.7. The molecule has 18 heavy (non-hydrogen) atoms. The fourth-order valence-corrected chi connectivity index (χ4v) is 2.08. The third kappa shape index (κ3) is 6.56. The second-order valence-corrected chi connectivity index (χ2v) is 5.31. The Bertz CT molecular complexity index is 242. The number of alkyl halides is 3. The van der Waals surface area contributed by atoms with E-state index in [1.165, 1.54) is 4.90 Å². The van der Waals surface area contributed by atoms with Gasteiger partial charge in [0.05, 0.1) is 13.2 Å². The first kappa shape index (κ1) is 15.7. The largest absolute Gasteiger partial charge is 0.401 e. The summed E-state index contributed by atoms with van der Waals surface area (Å²) in [6.07, 6.45) is -1.88. The molecule has 6 heteroatoms. The Kier molecular flexibility index (Phi) is 5.88. The van der Waals surface area contributed by atoms with Crippen molar-refractivity contribution < 1.29 is 18.3 Å². The number of halogens is 3. The van der Waals surface area contributed by atoms with Crippen LogP contribution in [0, 0.1) is 0 Å². The van der Waals surface area contributed by atoms with Gasteiger partial charge in [-0.2, -0.15) is 13.2 Å². The second-order valence-electron chi connectivity index (χ2n) is 5.31. The molecule has 0 amide bonds. The van der Waals surface area contributed by atoms with E-state index in [0.29, 0.717) is 13.0 Å². The van der Waals surface area contributed by atoms with E-state index in [4.69, 9.17) is 0 Å². The minimum Gasteiger partial charge on any atom is -0.395 e. The number of nitrogens with zero attached hydrogens (tertiary/aromatic N) is 1. The van der Waals surface area contributed by atoms with E-state index in [0.717, 1.165) is 12.8 Å². The fraction of sp³-hybridized carbons (Fsp3) is 1.00. The van der Waals surface area contributed by atoms with Crippen LogP contribution in [0.5, 0.6) is 0 Å². The summed E-state index contributed by atoms with van der Waals surface area (Å²) in [4.78, 5) is 1.49. The van der Waals surface area contributed by atoms with E-state index in [2.05, 4.69) is 5.32 Å². The molecule has 0 aromatic carbocycles. The molecule has 0 radical (unpaired) electrons. The maximum atomic E-state index is 12.4. The Morgan fingerprint density at radius 3 is 2.33 bits per heavy atom. The lowest BCUT2D eigenvalue weighted by Gasteiger charge is -2.26. The van der Waals surface area contributed by atoms with Crippen molar-refractivity contribution in [1.29, 1.82) is 0 Å². The predicted octanol–water partition coefficient (Wildman–Crippen LogP) is 1.76. The molecule has 0 aliphatic heterocycles. The van der Waals surface area contributed by atoms with Crippen LogP contribution in [0.15, 0.2) is 0 Å². The zero-order valence-corrected chi connectivity index (χ0v) is 11.0. The summed E-state index contributed by atoms with van der Waals surface area (Å²) in [7, 11) is 0. The SMILES string of the molecule is CC(C)NC(CO)CCN(CC(F)(F)F)C1CC1. The van der Waals surface area contributed by atoms with Crippen molar-refractivity contribution in [2.45, 2.75) is 57.4 Å². The molecule has 1 fully saturated rings. The Morgan fingerprint density at radius 2 is 1.94 bits per heavy atom. The molecule has 1 saturated carbocycles. The summed E-state index contributed by atoms with van der Waals surface area (Å²) in [6.45, 7) is 3.42. The average Bonchev–Trinajstić information content (AvgIpc) is 3.03. The molecular weight excluding hydrogens is 245 g/mol. The van der Waals surface area contributed by atoms with E-state index in [1.807, 2.05) is 13.8 Å². The molecule has 1 aliphatic rings. The first-order chi connectivity index (χ1) is 8.31. The van der Waals surface area contributed by atoms with Crippen LogP contribution in [-0.4, -0.2) is 54.0 Å². The molecule has 2 N–H and O–H groups in total. The molecule has 0 saturated heterocycles. The standard InChI is InChI=1S/C12H23F3N2O/c1-9(2)16-10(7-18)5-6-17(11-3-4-11)8-12(13,14)15/h9-11,16,18H,3-8H2,1-2H3. The summed E-state index contributed by atoms with van der Waals surface area (Å²) >= 11 is 0. The molecule has 0 aromatic heterocycles. The number of hydrogen-bond donors (Lipinski definition) is 2. The third-order valence-electron chi connectivity index (χ3n) is 3.00. The van der Waals surface area contributed by atoms with Gasteiger partial charge in [0.25, 0.3) is 0 Å². The van der Waals surface area contributed by atoms with Crippen LogP contribution >= 0.6 is 0 Å². The van der Waals surface area contributed by atoms with Gasteiger partial charge in [0, 0.05) is 24.7 Å². The topological polar surface area (TPSA) is 35.5 Å². The quantitative estimate of drug-likeness (QED) is 0.704. The molecule has 0 heterocycles. The van der Waals surface area contributed by atoms with Crippen molar-refractivity contribution in [1.82, 2.24) is 10.2 Å². The van der Waals surface area contributed by atoms with Crippen molar-refractivity contribution in [3.8, 4) is 0 Å². The number of nitrogens with one attached hydrogen (secondary N) is 1. The highest BCUT2D eigenvalue weighted by molar-refractivity contribution is 4.86. The fourth-order valence-electron chi connectivity index (χ4n) is 2.08. The number of aliphatic hydroxyl groups excluding tert-OH is 1. The Labute approximate surface area is 106 Å². The van der Waals surface area contributed by atoms with Gasteiger partial charge < -0.3 is 10.4 Å². The molecule has 1 aliphatic carbocycles. The van der Waals surface area contributed by atoms with Crippen LogP contribution in [0.25, 0.3) is 0 Å². The first-order valence-electron chi connectivity index (χ1n) is 6.49. The zero-order valence-electron chi connectivity index (χ0n) is 11.0. The van der Waals surface area contributed by atoms with Crippen molar-refractivity contribution in [3.05, 3.63) is 0 Å². The van der Waals surface area contributed by atoms with Gasteiger partial charge in [-0.15, -0.1) is 0 Å². The molecule has 1 atom stereocenters. The summed E-state index contributed by atoms with van der Waals surface area (Å²) in [6, 6.07) is 0.184. The highest BCUT2D eigenvalue weighted by Crippen LogP contribution is 2.30. The van der Waals surface area contributed by atoms with E-state index in [1.54, 1.807) is 0 Å². The maximum Gasteiger partial charge on any atom is 0.401 e. The maximum absolute atomic E-state index is 12.4. The third-order valence-corrected chi connectivity index (χ3v) is 3.00. The predicted molar refractivity (Wildman–Crippen MR) is 64.4 cm³/mol. The Hall–Kier alpha value is -0.330. The van der Waals surface area contributed by atoms with Crippen molar-refractivity contribution >= 4 is 0 Å². The van der Waals surface area contributed by atoms with E-state index in [9.17, 15) is 18.3 Å². The van der Waals surface area contributed by atoms with E-state index >= 15 is 0 Å². The van der Waals surface area contributed by atoms with Gasteiger partial charge >= 0.3 is 6.18 Å². The average molecular weight is 268 g/mol. The monoisotopic (exact) mass is 268 g/mol. The molecule has 108 valence electrons. The lowest BCUT2D eigenvalue weighted by Crippen LogP contribution is -2.42. The summed E-state index contributed by atoms with van der Waals surface area (Å²) in [5, 5.41) is 12.3. The summed E-state index contributed by atoms with van der Waals surface area (Å²) in [5.74, 6) is 0. The lowest BCUT2D eigenvalue weighted by molar-refractivity contribution is -0.147. The summed E-state index contributed by atoms with van der Waals surface area (Å²) in [5.41, 5.74) is 0. The molecule has 1 rings (SSSR count). The molecule has 1 unspecified atom stereocenters. The van der Waals surface area contributed by atoms with Crippen molar-refractivity contribution in [2.75, 3.05) is 19.7 Å². The van der Waals surface area contributed by atoms with Crippen LogP contribution in [0.4, 0.5) is 13.2 Å². The molecule has 0 spiro atoms. The highest BCUT2D eigenvalue weighted by atomic mass is 19.4. The van der Waals surface area contributed by atoms with Gasteiger partial charge in [-0.05, 0) is 19.3 Å². The highest BCUT2D eigenvalue weighted by Gasteiger charge is 2.37. The smallest absolute Gasteiger partial charge is 0.395 e. The Balaban J connectivity index is 2.36. The van der Waals surface area contributed by atoms with Gasteiger partial charge in [-0.25, -0.2) is 0 Å². The number of hydrogen-bond acceptors (Lipinski definition) is 3. The van der Waals surface area contributed by atoms with Gasteiger partial charge in [-0.3, -0.25) is 4.90 Å². The van der Waals surface area contributed by atoms with E-state index in [-0.39, 0.29) is 24.7 Å². The zero-order chi connectivity index (χ0) is 13.8. The number of rotatable bonds is 8. The Morgan fingerprint density at radius 1 is 1.33 bits per heavy atom. The number of aliphatic hydroxyl groups is 1. The summed E-state index contributed by atoms with van der Waals surface area (Å²) < 4.78 is 37.2. The van der Waals surface area contributed by atoms with Gasteiger partial charge in [0.1, 0.15) is 0 Å². The van der Waals surface area contributed by atoms with Crippen molar-refractivity contribution in [3.63, 3.8) is 0 Å². The van der Waals surface area contributed by atoms with Crippen LogP contribution < -0.4 is 5.32 Å². The van der Waals surface area contributed by atoms with Crippen LogP contribution in [0.3, 0.4) is 0 Å². The van der Waals surface area contributed by atoms with Gasteiger partial charge in [0.2, 0.25) is 0 Å². The minimum absolute atomic E-state index is 0.0390. The minimum atomic E-state index is -4.14. The molecular formula is C12H23F3N2O. The van der Waals surface area contributed by atoms with Gasteiger partial charge in [-0.1, -0.05) is 13.8 Å². The second kappa shape index (κ2) is 6.73. The van der Waals surface area contributed by atoms with Crippen LogP contribution in [-0.2, 0) is 0 Å². The van der Waals surface area contributed by atoms with Gasteiger partial charge in [0.15, 0.2) is 0 Å². The molecule has 3 nitrogen and oxygen atoms in total. The van der Waals surface area contributed by atoms with E-state index < -0.39 is 12.7 Å². The molecule has 0 aromatic rings.